The number of nitrogens with zero attached hydrogens (tertiary/aromatic N) is 1. The van der Waals surface area contributed by atoms with Crippen LogP contribution in [0.1, 0.15) is 24.5 Å². The van der Waals surface area contributed by atoms with Crippen LogP contribution in [0.25, 0.3) is 11.0 Å². The smallest absolute Gasteiger partial charge is 0.238 e. The molecule has 2 aromatic heterocycles. The molecule has 0 fully saturated rings. The highest BCUT2D eigenvalue weighted by Crippen LogP contribution is 2.22. The van der Waals surface area contributed by atoms with Gasteiger partial charge in [-0.3, -0.25) is 4.79 Å². The molecule has 25 heavy (non-hydrogen) atoms. The Labute approximate surface area is 145 Å². The maximum absolute atomic E-state index is 14.4. The lowest BCUT2D eigenvalue weighted by atomic mass is 10.0. The predicted molar refractivity (Wildman–Crippen MR) is 97.1 cm³/mol. The molecule has 1 aromatic carbocycles. The van der Waals surface area contributed by atoms with Gasteiger partial charge in [-0.05, 0) is 48.4 Å². The first-order valence-corrected chi connectivity index (χ1v) is 8.37. The second kappa shape index (κ2) is 7.90. The van der Waals surface area contributed by atoms with Crippen molar-refractivity contribution >= 4 is 22.6 Å². The Morgan fingerprint density at radius 3 is 2.92 bits per heavy atom. The van der Waals surface area contributed by atoms with Gasteiger partial charge in [-0.15, -0.1) is 0 Å². The molecule has 0 unspecified atom stereocenters. The molecule has 1 amide bonds. The second-order valence-electron chi connectivity index (χ2n) is 5.92. The Morgan fingerprint density at radius 2 is 2.12 bits per heavy atom. The van der Waals surface area contributed by atoms with Crippen molar-refractivity contribution in [2.45, 2.75) is 19.8 Å². The molecule has 0 saturated carbocycles. The number of anilines is 1. The number of pyridine rings is 1. The number of aromatic nitrogens is 2. The van der Waals surface area contributed by atoms with E-state index in [4.69, 9.17) is 0 Å². The van der Waals surface area contributed by atoms with Crippen molar-refractivity contribution in [1.29, 1.82) is 0 Å². The number of rotatable bonds is 7. The minimum atomic E-state index is -0.334. The summed E-state index contributed by atoms with van der Waals surface area (Å²) in [7, 11) is 0. The van der Waals surface area contributed by atoms with Gasteiger partial charge in [0.15, 0.2) is 0 Å². The summed E-state index contributed by atoms with van der Waals surface area (Å²) in [6, 6.07) is 8.63. The van der Waals surface area contributed by atoms with Gasteiger partial charge >= 0.3 is 0 Å². The van der Waals surface area contributed by atoms with Crippen LogP contribution in [0.3, 0.4) is 0 Å². The van der Waals surface area contributed by atoms with Crippen molar-refractivity contribution in [2.75, 3.05) is 18.4 Å². The van der Waals surface area contributed by atoms with Crippen molar-refractivity contribution in [2.24, 2.45) is 0 Å². The third-order valence-corrected chi connectivity index (χ3v) is 3.98. The van der Waals surface area contributed by atoms with Crippen molar-refractivity contribution in [3.8, 4) is 0 Å². The van der Waals surface area contributed by atoms with Gasteiger partial charge in [0.25, 0.3) is 0 Å². The summed E-state index contributed by atoms with van der Waals surface area (Å²) in [4.78, 5) is 19.1. The van der Waals surface area contributed by atoms with Gasteiger partial charge in [0.2, 0.25) is 5.91 Å². The van der Waals surface area contributed by atoms with E-state index in [0.29, 0.717) is 17.7 Å². The van der Waals surface area contributed by atoms with E-state index in [0.717, 1.165) is 29.6 Å². The number of carbonyl (C=O) groups excluding carboxylic acids is 1. The molecule has 2 heterocycles. The van der Waals surface area contributed by atoms with Gasteiger partial charge in [-0.1, -0.05) is 13.0 Å². The normalized spacial score (nSPS) is 11.0. The lowest BCUT2D eigenvalue weighted by Crippen LogP contribution is -2.28. The number of benzene rings is 1. The van der Waals surface area contributed by atoms with Gasteiger partial charge in [0.05, 0.1) is 6.54 Å². The molecule has 3 rings (SSSR count). The zero-order chi connectivity index (χ0) is 17.6. The van der Waals surface area contributed by atoms with Crippen molar-refractivity contribution in [3.63, 3.8) is 0 Å². The van der Waals surface area contributed by atoms with Crippen LogP contribution in [0.2, 0.25) is 0 Å². The fourth-order valence-corrected chi connectivity index (χ4v) is 2.73. The topological polar surface area (TPSA) is 69.8 Å². The van der Waals surface area contributed by atoms with E-state index in [9.17, 15) is 9.18 Å². The highest BCUT2D eigenvalue weighted by atomic mass is 19.1. The summed E-state index contributed by atoms with van der Waals surface area (Å²) in [5, 5.41) is 6.70. The largest absolute Gasteiger partial charge is 0.346 e. The Morgan fingerprint density at radius 1 is 1.24 bits per heavy atom. The SMILES string of the molecule is CCCNCC(=O)Nc1ccc(Cc2ccnc3[nH]ccc23)c(F)c1. The molecular formula is C19H21FN4O. The lowest BCUT2D eigenvalue weighted by molar-refractivity contribution is -0.115. The molecule has 0 atom stereocenters. The van der Waals surface area contributed by atoms with E-state index in [-0.39, 0.29) is 18.3 Å². The van der Waals surface area contributed by atoms with Crippen molar-refractivity contribution in [3.05, 3.63) is 59.7 Å². The predicted octanol–water partition coefficient (Wildman–Crippen LogP) is 3.23. The maximum atomic E-state index is 14.4. The first kappa shape index (κ1) is 17.1. The number of fused-ring (bicyclic) bond motifs is 1. The van der Waals surface area contributed by atoms with Crippen molar-refractivity contribution < 1.29 is 9.18 Å². The lowest BCUT2D eigenvalue weighted by Gasteiger charge is -2.09. The molecule has 130 valence electrons. The third kappa shape index (κ3) is 4.22. The summed E-state index contributed by atoms with van der Waals surface area (Å²) in [5.74, 6) is -0.511. The molecule has 3 aromatic rings. The molecule has 5 nitrogen and oxygen atoms in total. The number of hydrogen-bond acceptors (Lipinski definition) is 3. The van der Waals surface area contributed by atoms with Crippen LogP contribution in [-0.4, -0.2) is 29.0 Å². The zero-order valence-electron chi connectivity index (χ0n) is 14.1. The van der Waals surface area contributed by atoms with E-state index in [1.807, 2.05) is 25.3 Å². The average Bonchev–Trinajstić information content (AvgIpc) is 3.07. The third-order valence-electron chi connectivity index (χ3n) is 3.98. The summed E-state index contributed by atoms with van der Waals surface area (Å²) in [6.07, 6.45) is 4.96. The summed E-state index contributed by atoms with van der Waals surface area (Å²) < 4.78 is 14.4. The molecule has 0 spiro atoms. The average molecular weight is 340 g/mol. The molecule has 0 radical (unpaired) electrons. The second-order valence-corrected chi connectivity index (χ2v) is 5.92. The van der Waals surface area contributed by atoms with Crippen LogP contribution in [0.15, 0.2) is 42.7 Å². The van der Waals surface area contributed by atoms with Crippen molar-refractivity contribution in [1.82, 2.24) is 15.3 Å². The number of amides is 1. The molecule has 0 saturated heterocycles. The van der Waals surface area contributed by atoms with Crippen LogP contribution >= 0.6 is 0 Å². The first-order valence-electron chi connectivity index (χ1n) is 8.37. The maximum Gasteiger partial charge on any atom is 0.238 e. The first-order chi connectivity index (χ1) is 12.2. The van der Waals surface area contributed by atoms with Crippen LogP contribution in [0.4, 0.5) is 10.1 Å². The fraction of sp³-hybridized carbons (Fsp3) is 0.263. The van der Waals surface area contributed by atoms with E-state index in [1.54, 1.807) is 18.3 Å². The Hall–Kier alpha value is -2.73. The molecule has 0 aliphatic carbocycles. The minimum Gasteiger partial charge on any atom is -0.346 e. The zero-order valence-corrected chi connectivity index (χ0v) is 14.1. The Kier molecular flexibility index (Phi) is 5.40. The van der Waals surface area contributed by atoms with E-state index >= 15 is 0 Å². The summed E-state index contributed by atoms with van der Waals surface area (Å²) in [6.45, 7) is 3.03. The molecule has 3 N–H and O–H groups in total. The van der Waals surface area contributed by atoms with E-state index in [2.05, 4.69) is 20.6 Å². The highest BCUT2D eigenvalue weighted by molar-refractivity contribution is 5.92. The van der Waals surface area contributed by atoms with Gasteiger partial charge in [-0.25, -0.2) is 9.37 Å². The number of nitrogens with one attached hydrogen (secondary N) is 3. The minimum absolute atomic E-state index is 0.177. The van der Waals surface area contributed by atoms with Gasteiger partial charge in [0.1, 0.15) is 11.5 Å². The quantitative estimate of drug-likeness (QED) is 0.578. The molecule has 0 aliphatic rings. The number of hydrogen-bond donors (Lipinski definition) is 3. The number of carbonyl (C=O) groups is 1. The summed E-state index contributed by atoms with van der Waals surface area (Å²) >= 11 is 0. The standard InChI is InChI=1S/C19H21FN4O/c1-2-7-21-12-18(25)24-15-4-3-14(17(20)11-15)10-13-5-8-22-19-16(13)6-9-23-19/h3-6,8-9,11,21H,2,7,10,12H2,1H3,(H,22,23)(H,24,25). The summed E-state index contributed by atoms with van der Waals surface area (Å²) in [5.41, 5.74) is 2.84. The van der Waals surface area contributed by atoms with Crippen LogP contribution in [0, 0.1) is 5.82 Å². The fourth-order valence-electron chi connectivity index (χ4n) is 2.73. The Bertz CT molecular complexity index is 875. The molecule has 0 aliphatic heterocycles. The van der Waals surface area contributed by atoms with Crippen LogP contribution in [-0.2, 0) is 11.2 Å². The van der Waals surface area contributed by atoms with E-state index in [1.165, 1.54) is 6.07 Å². The Balaban J connectivity index is 1.70. The molecule has 6 heteroatoms. The number of aromatic amines is 1. The molecule has 0 bridgehead atoms. The molecular weight excluding hydrogens is 319 g/mol. The van der Waals surface area contributed by atoms with Crippen LogP contribution < -0.4 is 10.6 Å². The van der Waals surface area contributed by atoms with Gasteiger partial charge in [0, 0.05) is 29.9 Å². The highest BCUT2D eigenvalue weighted by Gasteiger charge is 2.09. The monoisotopic (exact) mass is 340 g/mol. The van der Waals surface area contributed by atoms with E-state index < -0.39 is 0 Å². The van der Waals surface area contributed by atoms with Gasteiger partial charge in [-0.2, -0.15) is 0 Å². The number of H-pyrrole nitrogens is 1. The number of halogens is 1. The van der Waals surface area contributed by atoms with Crippen LogP contribution in [0.5, 0.6) is 0 Å². The van der Waals surface area contributed by atoms with Gasteiger partial charge < -0.3 is 15.6 Å².